The summed E-state index contributed by atoms with van der Waals surface area (Å²) in [5.74, 6) is -1.18. The van der Waals surface area contributed by atoms with Crippen LogP contribution in [-0.2, 0) is 9.53 Å². The Hall–Kier alpha value is -2.64. The molecule has 0 radical (unpaired) electrons. The minimum Gasteiger partial charge on any atom is -0.469 e. The van der Waals surface area contributed by atoms with Crippen LogP contribution in [0.25, 0.3) is 0 Å². The predicted molar refractivity (Wildman–Crippen MR) is 70.7 cm³/mol. The lowest BCUT2D eigenvalue weighted by atomic mass is 9.93. The summed E-state index contributed by atoms with van der Waals surface area (Å²) in [6.07, 6.45) is -0.843. The van der Waals surface area contributed by atoms with Gasteiger partial charge < -0.3 is 14.7 Å². The van der Waals surface area contributed by atoms with E-state index in [1.807, 2.05) is 0 Å². The molecule has 21 heavy (non-hydrogen) atoms. The average Bonchev–Trinajstić information content (AvgIpc) is 2.91. The highest BCUT2D eigenvalue weighted by Crippen LogP contribution is 2.38. The fourth-order valence-electron chi connectivity index (χ4n) is 2.64. The van der Waals surface area contributed by atoms with Gasteiger partial charge in [-0.3, -0.25) is 14.9 Å². The lowest BCUT2D eigenvalue weighted by Crippen LogP contribution is -2.32. The zero-order chi connectivity index (χ0) is 15.6. The molecule has 2 unspecified atom stereocenters. The Morgan fingerprint density at radius 2 is 2.19 bits per heavy atom. The van der Waals surface area contributed by atoms with Crippen molar-refractivity contribution in [3.63, 3.8) is 0 Å². The number of hydrogen-bond donors (Lipinski definition) is 1. The molecule has 2 atom stereocenters. The Kier molecular flexibility index (Phi) is 4.06. The van der Waals surface area contributed by atoms with Crippen molar-refractivity contribution in [2.45, 2.75) is 12.5 Å². The third kappa shape index (κ3) is 2.78. The molecule has 0 bridgehead atoms. The van der Waals surface area contributed by atoms with Crippen LogP contribution in [0.5, 0.6) is 0 Å². The fraction of sp³-hybridized carbons (Fsp3) is 0.385. The minimum atomic E-state index is -1.17. The molecule has 2 rings (SSSR count). The van der Waals surface area contributed by atoms with Crippen LogP contribution in [-0.4, -0.2) is 40.6 Å². The first-order valence-electron chi connectivity index (χ1n) is 6.27. The maximum atomic E-state index is 11.8. The molecule has 0 aliphatic carbocycles. The van der Waals surface area contributed by atoms with Gasteiger partial charge in [-0.25, -0.2) is 4.79 Å². The number of nitro benzene ring substituents is 1. The molecular formula is C13H14N2O6. The number of ether oxygens (including phenoxy) is 1. The second kappa shape index (κ2) is 5.78. The number of carbonyl (C=O) groups is 2. The first-order valence-corrected chi connectivity index (χ1v) is 6.27. The minimum absolute atomic E-state index is 0.145. The summed E-state index contributed by atoms with van der Waals surface area (Å²) in [6.45, 7) is 0.183. The maximum absolute atomic E-state index is 11.8. The summed E-state index contributed by atoms with van der Waals surface area (Å²) in [5, 5.41) is 20.1. The fourth-order valence-corrected chi connectivity index (χ4v) is 2.64. The third-order valence-electron chi connectivity index (χ3n) is 3.57. The number of non-ortho nitro benzene ring substituents is 1. The first-order chi connectivity index (χ1) is 9.95. The van der Waals surface area contributed by atoms with Crippen molar-refractivity contribution in [3.05, 3.63) is 39.9 Å². The average molecular weight is 294 g/mol. The van der Waals surface area contributed by atoms with Crippen LogP contribution in [0.4, 0.5) is 10.5 Å². The first kappa shape index (κ1) is 14.8. The number of hydrogen-bond acceptors (Lipinski definition) is 5. The molecule has 8 heteroatoms. The van der Waals surface area contributed by atoms with Gasteiger partial charge in [-0.1, -0.05) is 12.1 Å². The SMILES string of the molecule is COC(=O)C1CCN(C(=O)O)C1c1cccc([N+](=O)[O-])c1. The van der Waals surface area contributed by atoms with Crippen LogP contribution in [0, 0.1) is 16.0 Å². The summed E-state index contributed by atoms with van der Waals surface area (Å²) in [5.41, 5.74) is 0.271. The van der Waals surface area contributed by atoms with E-state index >= 15 is 0 Å². The van der Waals surface area contributed by atoms with Gasteiger partial charge in [0.25, 0.3) is 5.69 Å². The molecule has 1 aromatic rings. The third-order valence-corrected chi connectivity index (χ3v) is 3.57. The van der Waals surface area contributed by atoms with Gasteiger partial charge in [-0.05, 0) is 12.0 Å². The highest BCUT2D eigenvalue weighted by Gasteiger charge is 2.43. The predicted octanol–water partition coefficient (Wildman–Crippen LogP) is 1.81. The molecule has 0 spiro atoms. The van der Waals surface area contributed by atoms with E-state index in [2.05, 4.69) is 0 Å². The van der Waals surface area contributed by atoms with Gasteiger partial charge in [0.05, 0.1) is 24.0 Å². The van der Waals surface area contributed by atoms with Gasteiger partial charge in [0, 0.05) is 18.7 Å². The molecule has 8 nitrogen and oxygen atoms in total. The number of likely N-dealkylation sites (tertiary alicyclic amines) is 1. The molecule has 0 aromatic heterocycles. The van der Waals surface area contributed by atoms with Crippen molar-refractivity contribution in [1.29, 1.82) is 0 Å². The lowest BCUT2D eigenvalue weighted by Gasteiger charge is -2.25. The largest absolute Gasteiger partial charge is 0.469 e. The van der Waals surface area contributed by atoms with E-state index in [1.165, 1.54) is 25.3 Å². The van der Waals surface area contributed by atoms with E-state index in [0.29, 0.717) is 12.0 Å². The van der Waals surface area contributed by atoms with Crippen LogP contribution in [0.15, 0.2) is 24.3 Å². The maximum Gasteiger partial charge on any atom is 0.407 e. The second-order valence-electron chi connectivity index (χ2n) is 4.69. The van der Waals surface area contributed by atoms with Gasteiger partial charge in [0.15, 0.2) is 0 Å². The number of methoxy groups -OCH3 is 1. The normalized spacial score (nSPS) is 21.1. The number of esters is 1. The van der Waals surface area contributed by atoms with Crippen molar-refractivity contribution >= 4 is 17.7 Å². The quantitative estimate of drug-likeness (QED) is 0.517. The molecule has 1 aliphatic rings. The summed E-state index contributed by atoms with van der Waals surface area (Å²) < 4.78 is 4.70. The smallest absolute Gasteiger partial charge is 0.407 e. The number of rotatable bonds is 3. The number of amides is 1. The molecular weight excluding hydrogens is 280 g/mol. The molecule has 1 aromatic carbocycles. The Balaban J connectivity index is 2.43. The van der Waals surface area contributed by atoms with E-state index in [1.54, 1.807) is 6.07 Å². The van der Waals surface area contributed by atoms with Gasteiger partial charge in [-0.2, -0.15) is 0 Å². The Morgan fingerprint density at radius 1 is 1.48 bits per heavy atom. The van der Waals surface area contributed by atoms with E-state index < -0.39 is 28.9 Å². The molecule has 0 saturated carbocycles. The highest BCUT2D eigenvalue weighted by atomic mass is 16.6. The number of nitro groups is 1. The number of benzene rings is 1. The highest BCUT2D eigenvalue weighted by molar-refractivity contribution is 5.76. The van der Waals surface area contributed by atoms with Crippen LogP contribution in [0.2, 0.25) is 0 Å². The Labute approximate surface area is 120 Å². The number of nitrogens with zero attached hydrogens (tertiary/aromatic N) is 2. The molecule has 1 N–H and O–H groups in total. The molecule has 1 fully saturated rings. The van der Waals surface area contributed by atoms with Gasteiger partial charge in [-0.15, -0.1) is 0 Å². The summed E-state index contributed by atoms with van der Waals surface area (Å²) in [4.78, 5) is 34.5. The van der Waals surface area contributed by atoms with Crippen molar-refractivity contribution in [3.8, 4) is 0 Å². The lowest BCUT2D eigenvalue weighted by molar-refractivity contribution is -0.385. The van der Waals surface area contributed by atoms with Crippen molar-refractivity contribution < 1.29 is 24.4 Å². The summed E-state index contributed by atoms with van der Waals surface area (Å²) in [7, 11) is 1.23. The monoisotopic (exact) mass is 294 g/mol. The van der Waals surface area contributed by atoms with Crippen molar-refractivity contribution in [2.24, 2.45) is 5.92 Å². The Bertz CT molecular complexity index is 588. The van der Waals surface area contributed by atoms with Gasteiger partial charge in [0.2, 0.25) is 0 Å². The number of carbonyl (C=O) groups excluding carboxylic acids is 1. The summed E-state index contributed by atoms with van der Waals surface area (Å²) >= 11 is 0. The van der Waals surface area contributed by atoms with Crippen molar-refractivity contribution in [1.82, 2.24) is 4.90 Å². The van der Waals surface area contributed by atoms with Crippen LogP contribution in [0.3, 0.4) is 0 Å². The zero-order valence-corrected chi connectivity index (χ0v) is 11.3. The van der Waals surface area contributed by atoms with Gasteiger partial charge in [0.1, 0.15) is 0 Å². The molecule has 1 heterocycles. The van der Waals surface area contributed by atoms with Gasteiger partial charge >= 0.3 is 12.1 Å². The van der Waals surface area contributed by atoms with E-state index in [0.717, 1.165) is 4.90 Å². The van der Waals surface area contributed by atoms with Crippen LogP contribution < -0.4 is 0 Å². The second-order valence-corrected chi connectivity index (χ2v) is 4.69. The summed E-state index contributed by atoms with van der Waals surface area (Å²) in [6, 6.07) is 4.89. The molecule has 1 amide bonds. The molecule has 112 valence electrons. The number of carboxylic acid groups (broad SMARTS) is 1. The van der Waals surface area contributed by atoms with E-state index in [9.17, 15) is 24.8 Å². The molecule has 1 saturated heterocycles. The standard InChI is InChI=1S/C13H14N2O6/c1-21-12(16)10-5-6-14(13(17)18)11(10)8-3-2-4-9(7-8)15(19)20/h2-4,7,10-11H,5-6H2,1H3,(H,17,18). The zero-order valence-electron chi connectivity index (χ0n) is 11.3. The van der Waals surface area contributed by atoms with Crippen LogP contribution >= 0.6 is 0 Å². The van der Waals surface area contributed by atoms with Crippen molar-refractivity contribution in [2.75, 3.05) is 13.7 Å². The van der Waals surface area contributed by atoms with E-state index in [-0.39, 0.29) is 12.2 Å². The topological polar surface area (TPSA) is 110 Å². The Morgan fingerprint density at radius 3 is 2.76 bits per heavy atom. The van der Waals surface area contributed by atoms with Crippen LogP contribution in [0.1, 0.15) is 18.0 Å². The van der Waals surface area contributed by atoms with E-state index in [4.69, 9.17) is 4.74 Å². The molecule has 1 aliphatic heterocycles.